The topological polar surface area (TPSA) is 0 Å². The summed E-state index contributed by atoms with van der Waals surface area (Å²) in [7, 11) is 0. The van der Waals surface area contributed by atoms with Crippen LogP contribution in [0.5, 0.6) is 0 Å². The third-order valence-electron chi connectivity index (χ3n) is 4.03. The number of alkyl halides is 12. The maximum atomic E-state index is 13.0. The highest BCUT2D eigenvalue weighted by Gasteiger charge is 2.37. The molecule has 0 saturated heterocycles. The summed E-state index contributed by atoms with van der Waals surface area (Å²) in [4.78, 5) is 0. The molecule has 2 aromatic carbocycles. The Labute approximate surface area is 172 Å². The van der Waals surface area contributed by atoms with Crippen molar-refractivity contribution in [3.8, 4) is 0 Å². The molecule has 0 aliphatic heterocycles. The largest absolute Gasteiger partial charge is 0.416 e. The van der Waals surface area contributed by atoms with Crippen LogP contribution in [0.2, 0.25) is 0 Å². The van der Waals surface area contributed by atoms with Gasteiger partial charge >= 0.3 is 24.7 Å². The number of benzene rings is 2. The fourth-order valence-corrected chi connectivity index (χ4v) is 2.59. The molecule has 2 aromatic rings. The maximum Gasteiger partial charge on any atom is 0.416 e. The van der Waals surface area contributed by atoms with Crippen LogP contribution in [-0.2, 0) is 24.7 Å². The van der Waals surface area contributed by atoms with Crippen molar-refractivity contribution in [3.05, 3.63) is 81.9 Å². The van der Waals surface area contributed by atoms with Crippen LogP contribution < -0.4 is 0 Å². The highest BCUT2D eigenvalue weighted by atomic mass is 19.4. The van der Waals surface area contributed by atoms with E-state index in [0.29, 0.717) is 24.3 Å². The Morgan fingerprint density at radius 2 is 0.750 bits per heavy atom. The van der Waals surface area contributed by atoms with Crippen molar-refractivity contribution in [3.63, 3.8) is 0 Å². The average molecular weight is 478 g/mol. The predicted octanol–water partition coefficient (Wildman–Crippen LogP) is 8.49. The summed E-state index contributed by atoms with van der Waals surface area (Å²) >= 11 is 0. The Morgan fingerprint density at radius 1 is 0.438 bits per heavy atom. The summed E-state index contributed by atoms with van der Waals surface area (Å²) in [5.41, 5.74) is -7.54. The van der Waals surface area contributed by atoms with Gasteiger partial charge in [0, 0.05) is 0 Å². The second-order valence-electron chi connectivity index (χ2n) is 6.31. The summed E-state index contributed by atoms with van der Waals surface area (Å²) in [6, 6.07) is 1.21. The lowest BCUT2D eigenvalue weighted by Crippen LogP contribution is -2.11. The lowest BCUT2D eigenvalue weighted by atomic mass is 10.0. The van der Waals surface area contributed by atoms with E-state index in [9.17, 15) is 52.7 Å². The van der Waals surface area contributed by atoms with Gasteiger partial charge in [-0.1, -0.05) is 24.3 Å². The van der Waals surface area contributed by atoms with E-state index in [1.807, 2.05) is 0 Å². The van der Waals surface area contributed by atoms with E-state index in [0.717, 1.165) is 0 Å². The van der Waals surface area contributed by atoms with Gasteiger partial charge in [-0.2, -0.15) is 52.7 Å². The molecular weight excluding hydrogens is 468 g/mol. The number of halogens is 12. The zero-order chi connectivity index (χ0) is 24.5. The first-order valence-electron chi connectivity index (χ1n) is 8.32. The molecule has 0 nitrogen and oxygen atoms in total. The Bertz CT molecular complexity index is 931. The molecule has 0 spiro atoms. The van der Waals surface area contributed by atoms with Crippen molar-refractivity contribution in [2.45, 2.75) is 24.7 Å². The molecule has 174 valence electrons. The minimum atomic E-state index is -5.03. The summed E-state index contributed by atoms with van der Waals surface area (Å²) < 4.78 is 155. The Morgan fingerprint density at radius 3 is 1.00 bits per heavy atom. The van der Waals surface area contributed by atoms with Gasteiger partial charge in [0.15, 0.2) is 0 Å². The number of allylic oxidation sites excluding steroid dienone is 2. The van der Waals surface area contributed by atoms with Crippen molar-refractivity contribution >= 4 is 12.2 Å². The second-order valence-corrected chi connectivity index (χ2v) is 6.31. The van der Waals surface area contributed by atoms with Gasteiger partial charge in [0.05, 0.1) is 22.3 Å². The lowest BCUT2D eigenvalue weighted by Gasteiger charge is -2.14. The van der Waals surface area contributed by atoms with E-state index in [2.05, 4.69) is 0 Å². The van der Waals surface area contributed by atoms with Crippen molar-refractivity contribution in [1.82, 2.24) is 0 Å². The van der Waals surface area contributed by atoms with Gasteiger partial charge in [-0.05, 0) is 47.5 Å². The molecule has 0 unspecified atom stereocenters. The molecule has 12 heteroatoms. The molecule has 0 fully saturated rings. The molecule has 0 aromatic heterocycles. The van der Waals surface area contributed by atoms with Gasteiger partial charge in [0.1, 0.15) is 0 Å². The Balaban J connectivity index is 2.48. The molecule has 0 amide bonds. The van der Waals surface area contributed by atoms with Gasteiger partial charge in [-0.15, -0.1) is 0 Å². The van der Waals surface area contributed by atoms with Crippen molar-refractivity contribution < 1.29 is 52.7 Å². The van der Waals surface area contributed by atoms with Crippen LogP contribution in [0.15, 0.2) is 48.6 Å². The third-order valence-corrected chi connectivity index (χ3v) is 4.03. The van der Waals surface area contributed by atoms with Crippen LogP contribution in [0, 0.1) is 0 Å². The molecule has 0 radical (unpaired) electrons. The SMILES string of the molecule is FC(F)(F)c1ccc(C(F)(F)F)c(/C=C/C=C/c2cc(C(F)(F)F)ccc2C(F)(F)F)c1. The van der Waals surface area contributed by atoms with E-state index < -0.39 is 58.1 Å². The van der Waals surface area contributed by atoms with Crippen LogP contribution in [0.25, 0.3) is 12.2 Å². The lowest BCUT2D eigenvalue weighted by molar-refractivity contribution is -0.141. The number of hydrogen-bond acceptors (Lipinski definition) is 0. The van der Waals surface area contributed by atoms with Crippen LogP contribution in [0.3, 0.4) is 0 Å². The third kappa shape index (κ3) is 6.30. The number of hydrogen-bond donors (Lipinski definition) is 0. The van der Waals surface area contributed by atoms with Crippen molar-refractivity contribution in [2.75, 3.05) is 0 Å². The smallest absolute Gasteiger partial charge is 0.166 e. The first-order valence-corrected chi connectivity index (χ1v) is 8.32. The van der Waals surface area contributed by atoms with Gasteiger partial charge in [0.25, 0.3) is 0 Å². The quantitative estimate of drug-likeness (QED) is 0.307. The molecule has 32 heavy (non-hydrogen) atoms. The average Bonchev–Trinajstić information content (AvgIpc) is 2.61. The van der Waals surface area contributed by atoms with Crippen molar-refractivity contribution in [1.29, 1.82) is 0 Å². The Kier molecular flexibility index (Phi) is 6.77. The summed E-state index contributed by atoms with van der Waals surface area (Å²) in [5, 5.41) is 0. The first kappa shape index (κ1) is 25.3. The minimum Gasteiger partial charge on any atom is -0.166 e. The molecule has 0 bridgehead atoms. The molecule has 0 aliphatic rings. The van der Waals surface area contributed by atoms with Crippen LogP contribution >= 0.6 is 0 Å². The zero-order valence-corrected chi connectivity index (χ0v) is 15.3. The van der Waals surface area contributed by atoms with E-state index in [-0.39, 0.29) is 36.4 Å². The normalized spacial score (nSPS) is 14.0. The molecule has 0 heterocycles. The maximum absolute atomic E-state index is 13.0. The molecule has 0 atom stereocenters. The standard InChI is InChI=1S/C20H10F12/c21-17(22,23)13-5-7-15(19(27,28)29)11(9-13)3-1-2-4-12-10-14(18(24,25)26)6-8-16(12)20(30,31)32/h1-10H/b3-1+,4-2+. The highest BCUT2D eigenvalue weighted by Crippen LogP contribution is 2.38. The fourth-order valence-electron chi connectivity index (χ4n) is 2.59. The van der Waals surface area contributed by atoms with Gasteiger partial charge < -0.3 is 0 Å². The highest BCUT2D eigenvalue weighted by molar-refractivity contribution is 5.62. The van der Waals surface area contributed by atoms with E-state index in [1.54, 1.807) is 0 Å². The summed E-state index contributed by atoms with van der Waals surface area (Å²) in [5.74, 6) is 0. The van der Waals surface area contributed by atoms with E-state index in [1.165, 1.54) is 0 Å². The molecular formula is C20H10F12. The van der Waals surface area contributed by atoms with Gasteiger partial charge in [0.2, 0.25) is 0 Å². The second kappa shape index (κ2) is 8.55. The van der Waals surface area contributed by atoms with Crippen LogP contribution in [0.4, 0.5) is 52.7 Å². The van der Waals surface area contributed by atoms with Gasteiger partial charge in [-0.3, -0.25) is 0 Å². The molecule has 0 N–H and O–H groups in total. The van der Waals surface area contributed by atoms with Crippen LogP contribution in [-0.4, -0.2) is 0 Å². The van der Waals surface area contributed by atoms with Crippen LogP contribution in [0.1, 0.15) is 33.4 Å². The molecule has 0 saturated carbocycles. The monoisotopic (exact) mass is 478 g/mol. The fraction of sp³-hybridized carbons (Fsp3) is 0.200. The van der Waals surface area contributed by atoms with E-state index >= 15 is 0 Å². The minimum absolute atomic E-state index is 0.193. The summed E-state index contributed by atoms with van der Waals surface area (Å²) in [6.07, 6.45) is -17.5. The van der Waals surface area contributed by atoms with E-state index in [4.69, 9.17) is 0 Å². The Hall–Kier alpha value is -2.92. The summed E-state index contributed by atoms with van der Waals surface area (Å²) in [6.45, 7) is 0. The first-order chi connectivity index (χ1) is 14.4. The van der Waals surface area contributed by atoms with Crippen molar-refractivity contribution in [2.24, 2.45) is 0 Å². The predicted molar refractivity (Wildman–Crippen MR) is 91.0 cm³/mol. The molecule has 0 aliphatic carbocycles. The number of rotatable bonds is 3. The molecule has 2 rings (SSSR count). The zero-order valence-electron chi connectivity index (χ0n) is 15.3. The van der Waals surface area contributed by atoms with Gasteiger partial charge in [-0.25, -0.2) is 0 Å².